The first kappa shape index (κ1) is 11.2. The Labute approximate surface area is 95.7 Å². The Morgan fingerprint density at radius 3 is 2.56 bits per heavy atom. The topological polar surface area (TPSA) is 43.4 Å². The van der Waals surface area contributed by atoms with Crippen LogP contribution in [0.15, 0.2) is 47.1 Å². The van der Waals surface area contributed by atoms with Crippen LogP contribution >= 0.6 is 0 Å². The fraction of sp³-hybridized carbons (Fsp3) is 0.333. The van der Waals surface area contributed by atoms with Crippen molar-refractivity contribution < 1.29 is 13.2 Å². The Hall–Kier alpha value is -1.29. The highest BCUT2D eigenvalue weighted by molar-refractivity contribution is 7.91. The van der Waals surface area contributed by atoms with E-state index in [1.165, 1.54) is 0 Å². The van der Waals surface area contributed by atoms with Gasteiger partial charge in [-0.3, -0.25) is 0 Å². The molecule has 0 fully saturated rings. The molecule has 0 bridgehead atoms. The van der Waals surface area contributed by atoms with Gasteiger partial charge in [-0.2, -0.15) is 0 Å². The van der Waals surface area contributed by atoms with Gasteiger partial charge >= 0.3 is 0 Å². The summed E-state index contributed by atoms with van der Waals surface area (Å²) in [5.41, 5.74) is 0. The van der Waals surface area contributed by atoms with Gasteiger partial charge in [-0.05, 0) is 31.1 Å². The molecule has 1 aromatic carbocycles. The van der Waals surface area contributed by atoms with Crippen LogP contribution < -0.4 is 0 Å². The molecule has 16 heavy (non-hydrogen) atoms. The Balaban J connectivity index is 2.18. The number of rotatable bonds is 3. The first-order valence-electron chi connectivity index (χ1n) is 5.28. The lowest BCUT2D eigenvalue weighted by molar-refractivity contribution is 0.196. The molecule has 86 valence electrons. The Kier molecular flexibility index (Phi) is 3.29. The summed E-state index contributed by atoms with van der Waals surface area (Å²) in [5, 5.41) is 0. The molecule has 0 aliphatic carbocycles. The smallest absolute Gasteiger partial charge is 0.185 e. The highest BCUT2D eigenvalue weighted by Crippen LogP contribution is 2.17. The van der Waals surface area contributed by atoms with Gasteiger partial charge in [0.25, 0.3) is 0 Å². The van der Waals surface area contributed by atoms with Crippen LogP contribution in [0.3, 0.4) is 0 Å². The first-order chi connectivity index (χ1) is 7.68. The molecular weight excluding hydrogens is 224 g/mol. The lowest BCUT2D eigenvalue weighted by Gasteiger charge is -2.14. The molecule has 0 atom stereocenters. The van der Waals surface area contributed by atoms with Gasteiger partial charge in [0.1, 0.15) is 11.5 Å². The maximum Gasteiger partial charge on any atom is 0.185 e. The summed E-state index contributed by atoms with van der Waals surface area (Å²) in [6.07, 6.45) is 3.73. The van der Waals surface area contributed by atoms with Gasteiger partial charge in [-0.1, -0.05) is 18.2 Å². The van der Waals surface area contributed by atoms with E-state index in [4.69, 9.17) is 4.74 Å². The minimum atomic E-state index is -3.25. The highest BCUT2D eigenvalue weighted by Gasteiger charge is 2.18. The molecule has 0 unspecified atom stereocenters. The maximum absolute atomic E-state index is 12.0. The third-order valence-electron chi connectivity index (χ3n) is 2.44. The molecular formula is C12H14O3S. The zero-order valence-electron chi connectivity index (χ0n) is 8.93. The van der Waals surface area contributed by atoms with Gasteiger partial charge in [0.05, 0.1) is 11.5 Å². The monoisotopic (exact) mass is 238 g/mol. The molecule has 1 aliphatic heterocycles. The SMILES string of the molecule is O=S(=O)(CC1=CCCCO1)c1ccccc1. The number of hydrogen-bond acceptors (Lipinski definition) is 3. The van der Waals surface area contributed by atoms with Crippen LogP contribution in [0.2, 0.25) is 0 Å². The molecule has 0 aromatic heterocycles. The van der Waals surface area contributed by atoms with Crippen molar-refractivity contribution in [3.8, 4) is 0 Å². The largest absolute Gasteiger partial charge is 0.497 e. The second kappa shape index (κ2) is 4.70. The molecule has 4 heteroatoms. The van der Waals surface area contributed by atoms with Gasteiger partial charge in [0.15, 0.2) is 9.84 Å². The Morgan fingerprint density at radius 2 is 1.94 bits per heavy atom. The van der Waals surface area contributed by atoms with Crippen molar-refractivity contribution in [2.24, 2.45) is 0 Å². The summed E-state index contributed by atoms with van der Waals surface area (Å²) in [6.45, 7) is 0.621. The Morgan fingerprint density at radius 1 is 1.19 bits per heavy atom. The summed E-state index contributed by atoms with van der Waals surface area (Å²) in [5.74, 6) is 0.548. The van der Waals surface area contributed by atoms with Crippen LogP contribution in [-0.2, 0) is 14.6 Å². The summed E-state index contributed by atoms with van der Waals surface area (Å²) < 4.78 is 29.3. The number of allylic oxidation sites excluding steroid dienone is 1. The second-order valence-corrected chi connectivity index (χ2v) is 5.72. The third kappa shape index (κ3) is 2.64. The van der Waals surface area contributed by atoms with Crippen LogP contribution in [0, 0.1) is 0 Å². The summed E-state index contributed by atoms with van der Waals surface area (Å²) in [7, 11) is -3.25. The summed E-state index contributed by atoms with van der Waals surface area (Å²) >= 11 is 0. The van der Waals surface area contributed by atoms with E-state index in [1.807, 2.05) is 6.08 Å². The molecule has 0 saturated heterocycles. The molecule has 1 aromatic rings. The van der Waals surface area contributed by atoms with E-state index < -0.39 is 9.84 Å². The average molecular weight is 238 g/mol. The minimum Gasteiger partial charge on any atom is -0.497 e. The van der Waals surface area contributed by atoms with Gasteiger partial charge in [0.2, 0.25) is 0 Å². The summed E-state index contributed by atoms with van der Waals surface area (Å²) in [4.78, 5) is 0.352. The zero-order valence-corrected chi connectivity index (χ0v) is 9.74. The van der Waals surface area contributed by atoms with E-state index in [2.05, 4.69) is 0 Å². The van der Waals surface area contributed by atoms with Crippen molar-refractivity contribution in [3.63, 3.8) is 0 Å². The first-order valence-corrected chi connectivity index (χ1v) is 6.93. The fourth-order valence-corrected chi connectivity index (χ4v) is 2.92. The molecule has 0 spiro atoms. The van der Waals surface area contributed by atoms with E-state index in [-0.39, 0.29) is 5.75 Å². The van der Waals surface area contributed by atoms with Crippen molar-refractivity contribution >= 4 is 9.84 Å². The predicted molar refractivity (Wildman–Crippen MR) is 61.8 cm³/mol. The lowest BCUT2D eigenvalue weighted by Crippen LogP contribution is -2.13. The number of hydrogen-bond donors (Lipinski definition) is 0. The molecule has 1 heterocycles. The van der Waals surface area contributed by atoms with Gasteiger partial charge in [0, 0.05) is 0 Å². The van der Waals surface area contributed by atoms with E-state index >= 15 is 0 Å². The van der Waals surface area contributed by atoms with Crippen molar-refractivity contribution in [1.29, 1.82) is 0 Å². The van der Waals surface area contributed by atoms with Gasteiger partial charge in [-0.25, -0.2) is 8.42 Å². The molecule has 0 radical (unpaired) electrons. The number of ether oxygens (including phenoxy) is 1. The van der Waals surface area contributed by atoms with Crippen LogP contribution in [0.4, 0.5) is 0 Å². The molecule has 0 amide bonds. The van der Waals surface area contributed by atoms with Crippen molar-refractivity contribution in [2.45, 2.75) is 17.7 Å². The van der Waals surface area contributed by atoms with Crippen LogP contribution in [0.5, 0.6) is 0 Å². The van der Waals surface area contributed by atoms with E-state index in [0.29, 0.717) is 17.3 Å². The van der Waals surface area contributed by atoms with Crippen molar-refractivity contribution in [2.75, 3.05) is 12.4 Å². The standard InChI is InChI=1S/C12H14O3S/c13-16(14,12-7-2-1-3-8-12)10-11-6-4-5-9-15-11/h1-3,6-8H,4-5,9-10H2. The zero-order chi connectivity index (χ0) is 11.4. The van der Waals surface area contributed by atoms with E-state index in [9.17, 15) is 8.42 Å². The van der Waals surface area contributed by atoms with E-state index in [0.717, 1.165) is 12.8 Å². The maximum atomic E-state index is 12.0. The lowest BCUT2D eigenvalue weighted by atomic mass is 10.2. The fourth-order valence-electron chi connectivity index (χ4n) is 1.61. The number of benzene rings is 1. The minimum absolute atomic E-state index is 0.0307. The highest BCUT2D eigenvalue weighted by atomic mass is 32.2. The quantitative estimate of drug-likeness (QED) is 0.810. The molecule has 1 aliphatic rings. The molecule has 2 rings (SSSR count). The van der Waals surface area contributed by atoms with Crippen LogP contribution in [-0.4, -0.2) is 20.8 Å². The van der Waals surface area contributed by atoms with Crippen LogP contribution in [0.1, 0.15) is 12.8 Å². The van der Waals surface area contributed by atoms with Gasteiger partial charge in [-0.15, -0.1) is 0 Å². The van der Waals surface area contributed by atoms with Crippen molar-refractivity contribution in [1.82, 2.24) is 0 Å². The second-order valence-electron chi connectivity index (χ2n) is 3.73. The van der Waals surface area contributed by atoms with Crippen LogP contribution in [0.25, 0.3) is 0 Å². The molecule has 0 saturated carbocycles. The normalized spacial score (nSPS) is 16.4. The average Bonchev–Trinajstić information content (AvgIpc) is 2.31. The predicted octanol–water partition coefficient (Wildman–Crippen LogP) is 2.15. The molecule has 3 nitrogen and oxygen atoms in total. The third-order valence-corrected chi connectivity index (χ3v) is 4.10. The Bertz CT molecular complexity index is 474. The molecule has 0 N–H and O–H groups in total. The van der Waals surface area contributed by atoms with Crippen molar-refractivity contribution in [3.05, 3.63) is 42.2 Å². The van der Waals surface area contributed by atoms with E-state index in [1.54, 1.807) is 30.3 Å². The summed E-state index contributed by atoms with van der Waals surface area (Å²) in [6, 6.07) is 8.47. The van der Waals surface area contributed by atoms with Gasteiger partial charge < -0.3 is 4.74 Å². The number of sulfone groups is 1.